The largest absolute Gasteiger partial charge is 0.468 e. The molecule has 0 aromatic heterocycles. The number of ketones is 1. The first kappa shape index (κ1) is 11.2. The summed E-state index contributed by atoms with van der Waals surface area (Å²) in [5.41, 5.74) is -0.828. The molecule has 0 bridgehead atoms. The molecule has 0 heterocycles. The Morgan fingerprint density at radius 1 is 1.07 bits per heavy atom. The third-order valence-electron chi connectivity index (χ3n) is 3.21. The van der Waals surface area contributed by atoms with Crippen molar-refractivity contribution in [2.45, 2.75) is 45.4 Å². The van der Waals surface area contributed by atoms with Gasteiger partial charge in [-0.05, 0) is 19.8 Å². The molecule has 0 amide bonds. The molecule has 1 aliphatic carbocycles. The van der Waals surface area contributed by atoms with Crippen LogP contribution in [0.1, 0.15) is 45.4 Å². The van der Waals surface area contributed by atoms with Gasteiger partial charge in [-0.15, -0.1) is 0 Å². The Bertz CT molecular complexity index is 225. The minimum absolute atomic E-state index is 0.0359. The van der Waals surface area contributed by atoms with E-state index in [0.29, 0.717) is 12.8 Å². The molecule has 14 heavy (non-hydrogen) atoms. The normalized spacial score (nSPS) is 21.0. The minimum atomic E-state index is -0.828. The molecule has 1 saturated carbocycles. The zero-order valence-electron chi connectivity index (χ0n) is 8.97. The first-order valence-electron chi connectivity index (χ1n) is 5.23. The highest BCUT2D eigenvalue weighted by atomic mass is 16.5. The number of esters is 1. The summed E-state index contributed by atoms with van der Waals surface area (Å²) in [6.45, 7) is 1.50. The Kier molecular flexibility index (Phi) is 3.67. The third kappa shape index (κ3) is 1.97. The van der Waals surface area contributed by atoms with E-state index in [4.69, 9.17) is 4.74 Å². The summed E-state index contributed by atoms with van der Waals surface area (Å²) in [6, 6.07) is 0. The fourth-order valence-corrected chi connectivity index (χ4v) is 2.23. The molecule has 1 rings (SSSR count). The number of Topliss-reactive ketones (excluding diaryl/α,β-unsaturated/α-hetero) is 1. The van der Waals surface area contributed by atoms with Crippen LogP contribution in [0.2, 0.25) is 0 Å². The lowest BCUT2D eigenvalue weighted by Crippen LogP contribution is -2.38. The molecule has 0 spiro atoms. The molecular formula is C11H18O3. The fraction of sp³-hybridized carbons (Fsp3) is 0.818. The van der Waals surface area contributed by atoms with Crippen LogP contribution in [-0.4, -0.2) is 18.9 Å². The van der Waals surface area contributed by atoms with Gasteiger partial charge in [0.15, 0.2) is 0 Å². The van der Waals surface area contributed by atoms with Crippen molar-refractivity contribution in [1.82, 2.24) is 0 Å². The van der Waals surface area contributed by atoms with Gasteiger partial charge in [0.1, 0.15) is 11.2 Å². The highest BCUT2D eigenvalue weighted by molar-refractivity contribution is 6.02. The van der Waals surface area contributed by atoms with Crippen molar-refractivity contribution < 1.29 is 14.3 Å². The number of rotatable bonds is 2. The van der Waals surface area contributed by atoms with Crippen molar-refractivity contribution in [3.8, 4) is 0 Å². The Balaban J connectivity index is 2.88. The molecule has 1 fully saturated rings. The molecular weight excluding hydrogens is 180 g/mol. The molecule has 3 heteroatoms. The van der Waals surface area contributed by atoms with Gasteiger partial charge in [0.25, 0.3) is 0 Å². The maximum absolute atomic E-state index is 11.6. The fourth-order valence-electron chi connectivity index (χ4n) is 2.23. The summed E-state index contributed by atoms with van der Waals surface area (Å²) in [4.78, 5) is 23.2. The standard InChI is InChI=1S/C11H18O3/c1-9(12)11(10(13)14-2)7-5-3-4-6-8-11/h3-8H2,1-2H3. The number of hydrogen-bond acceptors (Lipinski definition) is 3. The molecule has 0 unspecified atom stereocenters. The van der Waals surface area contributed by atoms with Crippen LogP contribution in [0.5, 0.6) is 0 Å². The van der Waals surface area contributed by atoms with Crippen molar-refractivity contribution in [1.29, 1.82) is 0 Å². The molecule has 0 N–H and O–H groups in total. The van der Waals surface area contributed by atoms with Crippen molar-refractivity contribution >= 4 is 11.8 Å². The van der Waals surface area contributed by atoms with Crippen LogP contribution in [0.15, 0.2) is 0 Å². The molecule has 80 valence electrons. The van der Waals surface area contributed by atoms with Gasteiger partial charge in [-0.25, -0.2) is 0 Å². The van der Waals surface area contributed by atoms with E-state index in [1.165, 1.54) is 14.0 Å². The average Bonchev–Trinajstić information content (AvgIpc) is 2.42. The van der Waals surface area contributed by atoms with Gasteiger partial charge in [0.2, 0.25) is 0 Å². The lowest BCUT2D eigenvalue weighted by molar-refractivity contribution is -0.158. The second-order valence-corrected chi connectivity index (χ2v) is 4.04. The zero-order chi connectivity index (χ0) is 10.6. The second-order valence-electron chi connectivity index (χ2n) is 4.04. The van der Waals surface area contributed by atoms with Crippen LogP contribution in [-0.2, 0) is 14.3 Å². The van der Waals surface area contributed by atoms with E-state index in [-0.39, 0.29) is 11.8 Å². The van der Waals surface area contributed by atoms with Crippen molar-refractivity contribution in [3.63, 3.8) is 0 Å². The van der Waals surface area contributed by atoms with E-state index in [2.05, 4.69) is 0 Å². The number of ether oxygens (including phenoxy) is 1. The Labute approximate surface area is 84.8 Å². The first-order valence-corrected chi connectivity index (χ1v) is 5.23. The van der Waals surface area contributed by atoms with E-state index in [1.54, 1.807) is 0 Å². The summed E-state index contributed by atoms with van der Waals surface area (Å²) in [7, 11) is 1.36. The molecule has 3 nitrogen and oxygen atoms in total. The van der Waals surface area contributed by atoms with Crippen LogP contribution < -0.4 is 0 Å². The summed E-state index contributed by atoms with van der Waals surface area (Å²) >= 11 is 0. The monoisotopic (exact) mass is 198 g/mol. The number of hydrogen-bond donors (Lipinski definition) is 0. The topological polar surface area (TPSA) is 43.4 Å². The number of carbonyl (C=O) groups excluding carboxylic acids is 2. The predicted octanol–water partition coefficient (Wildman–Crippen LogP) is 2.09. The highest BCUT2D eigenvalue weighted by Gasteiger charge is 2.43. The Morgan fingerprint density at radius 2 is 1.57 bits per heavy atom. The third-order valence-corrected chi connectivity index (χ3v) is 3.21. The van der Waals surface area contributed by atoms with Gasteiger partial charge in [0.05, 0.1) is 7.11 Å². The minimum Gasteiger partial charge on any atom is -0.468 e. The van der Waals surface area contributed by atoms with Gasteiger partial charge in [-0.3, -0.25) is 9.59 Å². The van der Waals surface area contributed by atoms with Gasteiger partial charge in [0, 0.05) is 0 Å². The van der Waals surface area contributed by atoms with Crippen LogP contribution in [0.3, 0.4) is 0 Å². The lowest BCUT2D eigenvalue weighted by Gasteiger charge is -2.26. The average molecular weight is 198 g/mol. The molecule has 0 atom stereocenters. The summed E-state index contributed by atoms with van der Waals surface area (Å²) in [6.07, 6.45) is 5.46. The van der Waals surface area contributed by atoms with Gasteiger partial charge >= 0.3 is 5.97 Å². The molecule has 1 aliphatic rings. The Hall–Kier alpha value is -0.860. The second kappa shape index (κ2) is 4.58. The van der Waals surface area contributed by atoms with E-state index in [9.17, 15) is 9.59 Å². The summed E-state index contributed by atoms with van der Waals surface area (Å²) in [5.74, 6) is -0.377. The van der Waals surface area contributed by atoms with Crippen LogP contribution in [0.4, 0.5) is 0 Å². The molecule has 0 radical (unpaired) electrons. The zero-order valence-corrected chi connectivity index (χ0v) is 8.97. The van der Waals surface area contributed by atoms with E-state index < -0.39 is 5.41 Å². The van der Waals surface area contributed by atoms with Crippen molar-refractivity contribution in [3.05, 3.63) is 0 Å². The van der Waals surface area contributed by atoms with E-state index >= 15 is 0 Å². The van der Waals surface area contributed by atoms with E-state index in [0.717, 1.165) is 25.7 Å². The van der Waals surface area contributed by atoms with Crippen molar-refractivity contribution in [2.75, 3.05) is 7.11 Å². The molecule has 0 aliphatic heterocycles. The molecule has 0 aromatic rings. The van der Waals surface area contributed by atoms with Crippen LogP contribution >= 0.6 is 0 Å². The smallest absolute Gasteiger partial charge is 0.319 e. The molecule has 0 saturated heterocycles. The quantitative estimate of drug-likeness (QED) is 0.387. The number of carbonyl (C=O) groups is 2. The van der Waals surface area contributed by atoms with Gasteiger partial charge in [-0.1, -0.05) is 25.7 Å². The first-order chi connectivity index (χ1) is 6.63. The van der Waals surface area contributed by atoms with Crippen LogP contribution in [0.25, 0.3) is 0 Å². The predicted molar refractivity (Wildman–Crippen MR) is 52.8 cm³/mol. The number of methoxy groups -OCH3 is 1. The van der Waals surface area contributed by atoms with Crippen LogP contribution in [0, 0.1) is 5.41 Å². The maximum atomic E-state index is 11.6. The SMILES string of the molecule is COC(=O)C1(C(C)=O)CCCCCC1. The van der Waals surface area contributed by atoms with E-state index in [1.807, 2.05) is 0 Å². The van der Waals surface area contributed by atoms with Gasteiger partial charge in [-0.2, -0.15) is 0 Å². The summed E-state index contributed by atoms with van der Waals surface area (Å²) in [5, 5.41) is 0. The molecule has 0 aromatic carbocycles. The van der Waals surface area contributed by atoms with Gasteiger partial charge < -0.3 is 4.74 Å². The summed E-state index contributed by atoms with van der Waals surface area (Å²) < 4.78 is 4.75. The van der Waals surface area contributed by atoms with Crippen molar-refractivity contribution in [2.24, 2.45) is 5.41 Å². The maximum Gasteiger partial charge on any atom is 0.319 e. The Morgan fingerprint density at radius 3 is 1.93 bits per heavy atom. The lowest BCUT2D eigenvalue weighted by atomic mass is 9.77. The highest BCUT2D eigenvalue weighted by Crippen LogP contribution is 2.36.